The summed E-state index contributed by atoms with van der Waals surface area (Å²) in [4.78, 5) is 12.4. The molecule has 0 aliphatic carbocycles. The minimum Gasteiger partial charge on any atom is -0.418 e. The Labute approximate surface area is 92.0 Å². The first-order chi connectivity index (χ1) is 7.24. The molecule has 0 saturated carbocycles. The standard InChI is InChI=1S/C6H4N3O2.BF4.H2O/c7-8-5-1-3-6(4-2-5)9(10)11;2-1(3,4)5;/h1-4H;;1H2/q+1;-1;. The molecule has 2 N–H and O–H groups in total. The molecule has 0 aromatic heterocycles. The van der Waals surface area contributed by atoms with Gasteiger partial charge in [0.2, 0.25) is 5.39 Å². The Morgan fingerprint density at radius 2 is 1.53 bits per heavy atom. The van der Waals surface area contributed by atoms with Gasteiger partial charge in [0.25, 0.3) is 5.69 Å². The third kappa shape index (κ3) is 10.1. The van der Waals surface area contributed by atoms with Crippen molar-refractivity contribution in [2.24, 2.45) is 0 Å². The molecule has 0 radical (unpaired) electrons. The van der Waals surface area contributed by atoms with Crippen LogP contribution in [0.25, 0.3) is 4.98 Å². The SMILES string of the molecule is F[B-](F)(F)F.N#[N+]c1ccc([N+](=O)[O-])cc1.O. The highest BCUT2D eigenvalue weighted by atomic mass is 19.5. The van der Waals surface area contributed by atoms with Crippen molar-refractivity contribution in [2.45, 2.75) is 0 Å². The van der Waals surface area contributed by atoms with Crippen LogP contribution < -0.4 is 0 Å². The number of nitrogens with zero attached hydrogens (tertiary/aromatic N) is 3. The van der Waals surface area contributed by atoms with Gasteiger partial charge < -0.3 is 22.7 Å². The van der Waals surface area contributed by atoms with E-state index in [0.717, 1.165) is 0 Å². The average molecular weight is 255 g/mol. The molecule has 0 aliphatic rings. The summed E-state index contributed by atoms with van der Waals surface area (Å²) in [5, 5.41) is 18.3. The third-order valence-electron chi connectivity index (χ3n) is 1.18. The molecule has 94 valence electrons. The zero-order chi connectivity index (χ0) is 12.8. The number of nitro benzene ring substituents is 1. The largest absolute Gasteiger partial charge is 0.673 e. The normalized spacial score (nSPS) is 9.12. The number of diazo groups is 1. The summed E-state index contributed by atoms with van der Waals surface area (Å²) in [6, 6.07) is 5.26. The fraction of sp³-hybridized carbons (Fsp3) is 0. The Balaban J connectivity index is 0. The van der Waals surface area contributed by atoms with Crippen LogP contribution in [0, 0.1) is 15.5 Å². The molecular weight excluding hydrogens is 249 g/mol. The van der Waals surface area contributed by atoms with Crippen molar-refractivity contribution in [3.63, 3.8) is 0 Å². The van der Waals surface area contributed by atoms with Crippen LogP contribution in [0.3, 0.4) is 0 Å². The van der Waals surface area contributed by atoms with E-state index >= 15 is 0 Å². The molecule has 1 aromatic carbocycles. The molecule has 17 heavy (non-hydrogen) atoms. The maximum absolute atomic E-state index is 10.1. The molecule has 1 aromatic rings. The van der Waals surface area contributed by atoms with Gasteiger partial charge in [-0.05, 0) is 0 Å². The van der Waals surface area contributed by atoms with Gasteiger partial charge in [-0.25, -0.2) is 0 Å². The van der Waals surface area contributed by atoms with Gasteiger partial charge in [0, 0.05) is 24.3 Å². The number of benzene rings is 1. The minimum absolute atomic E-state index is 0. The highest BCUT2D eigenvalue weighted by Gasteiger charge is 2.20. The van der Waals surface area contributed by atoms with Crippen LogP contribution in [0.2, 0.25) is 0 Å². The van der Waals surface area contributed by atoms with Gasteiger partial charge in [-0.2, -0.15) is 0 Å². The van der Waals surface area contributed by atoms with Gasteiger partial charge in [0.1, 0.15) is 0 Å². The minimum atomic E-state index is -6.00. The summed E-state index contributed by atoms with van der Waals surface area (Å²) in [7, 11) is -6.00. The smallest absolute Gasteiger partial charge is 0.418 e. The first-order valence-corrected chi connectivity index (χ1v) is 3.71. The lowest BCUT2D eigenvalue weighted by atomic mass is 10.3. The Hall–Kier alpha value is -2.22. The second-order valence-corrected chi connectivity index (χ2v) is 2.37. The summed E-state index contributed by atoms with van der Waals surface area (Å²) < 4.78 is 39.0. The van der Waals surface area contributed by atoms with Crippen LogP contribution in [0.5, 0.6) is 0 Å². The van der Waals surface area contributed by atoms with Crippen LogP contribution >= 0.6 is 0 Å². The summed E-state index contributed by atoms with van der Waals surface area (Å²) in [6.07, 6.45) is 0. The van der Waals surface area contributed by atoms with Crippen molar-refractivity contribution in [2.75, 3.05) is 0 Å². The van der Waals surface area contributed by atoms with E-state index in [0.29, 0.717) is 5.69 Å². The molecule has 1 rings (SSSR count). The lowest BCUT2D eigenvalue weighted by Gasteiger charge is -1.94. The molecule has 0 bridgehead atoms. The quantitative estimate of drug-likeness (QED) is 0.253. The second kappa shape index (κ2) is 7.12. The van der Waals surface area contributed by atoms with Crippen LogP contribution in [0.4, 0.5) is 28.6 Å². The van der Waals surface area contributed by atoms with E-state index in [1.165, 1.54) is 24.3 Å². The highest BCUT2D eigenvalue weighted by Crippen LogP contribution is 2.16. The van der Waals surface area contributed by atoms with E-state index in [4.69, 9.17) is 5.39 Å². The predicted octanol–water partition coefficient (Wildman–Crippen LogP) is 2.55. The van der Waals surface area contributed by atoms with Crippen LogP contribution in [0.15, 0.2) is 24.3 Å². The molecule has 0 heterocycles. The predicted molar refractivity (Wildman–Crippen MR) is 51.6 cm³/mol. The maximum Gasteiger partial charge on any atom is 0.673 e. The number of rotatable bonds is 1. The van der Waals surface area contributed by atoms with Crippen LogP contribution in [0.1, 0.15) is 0 Å². The Morgan fingerprint density at radius 1 is 1.18 bits per heavy atom. The topological polar surface area (TPSA) is 103 Å². The molecule has 0 aliphatic heterocycles. The maximum atomic E-state index is 10.1. The summed E-state index contributed by atoms with van der Waals surface area (Å²) in [6.45, 7) is 0. The zero-order valence-corrected chi connectivity index (χ0v) is 8.06. The molecule has 11 heteroatoms. The molecule has 0 atom stereocenters. The van der Waals surface area contributed by atoms with Crippen LogP contribution in [-0.2, 0) is 0 Å². The molecule has 0 unspecified atom stereocenters. The lowest BCUT2D eigenvalue weighted by Crippen LogP contribution is -2.02. The van der Waals surface area contributed by atoms with Gasteiger partial charge >= 0.3 is 12.9 Å². The molecule has 0 spiro atoms. The van der Waals surface area contributed by atoms with Crippen molar-refractivity contribution in [3.8, 4) is 0 Å². The number of hydrogen-bond donors (Lipinski definition) is 0. The van der Waals surface area contributed by atoms with Gasteiger partial charge in [-0.3, -0.25) is 10.1 Å². The first kappa shape index (κ1) is 17.2. The molecular formula is C6H6BF4N3O3. The zero-order valence-electron chi connectivity index (χ0n) is 8.06. The van der Waals surface area contributed by atoms with Crippen molar-refractivity contribution in [1.82, 2.24) is 0 Å². The average Bonchev–Trinajstić information content (AvgIpc) is 2.15. The number of nitro groups is 1. The van der Waals surface area contributed by atoms with Gasteiger partial charge in [0.05, 0.1) is 4.92 Å². The van der Waals surface area contributed by atoms with E-state index in [-0.39, 0.29) is 11.2 Å². The Morgan fingerprint density at radius 3 is 1.76 bits per heavy atom. The van der Waals surface area contributed by atoms with E-state index in [1.807, 2.05) is 0 Å². The Kier molecular flexibility index (Phi) is 7.20. The second-order valence-electron chi connectivity index (χ2n) is 2.37. The van der Waals surface area contributed by atoms with Crippen molar-refractivity contribution in [3.05, 3.63) is 39.4 Å². The first-order valence-electron chi connectivity index (χ1n) is 3.71. The third-order valence-corrected chi connectivity index (χ3v) is 1.18. The van der Waals surface area contributed by atoms with Gasteiger partial charge in [-0.1, -0.05) is 0 Å². The van der Waals surface area contributed by atoms with Gasteiger partial charge in [0.15, 0.2) is 4.98 Å². The van der Waals surface area contributed by atoms with Crippen molar-refractivity contribution in [1.29, 1.82) is 5.39 Å². The van der Waals surface area contributed by atoms with E-state index in [9.17, 15) is 27.4 Å². The summed E-state index contributed by atoms with van der Waals surface area (Å²) in [5.41, 5.74) is 0.285. The number of non-ortho nitro benzene ring substituents is 1. The van der Waals surface area contributed by atoms with Crippen molar-refractivity contribution >= 4 is 18.6 Å². The highest BCUT2D eigenvalue weighted by molar-refractivity contribution is 6.50. The monoisotopic (exact) mass is 255 g/mol. The van der Waals surface area contributed by atoms with Crippen LogP contribution in [-0.4, -0.2) is 17.7 Å². The fourth-order valence-corrected chi connectivity index (χ4v) is 0.641. The number of hydrogen-bond acceptors (Lipinski definition) is 3. The summed E-state index contributed by atoms with van der Waals surface area (Å²) in [5.74, 6) is 0. The lowest BCUT2D eigenvalue weighted by molar-refractivity contribution is -0.384. The molecule has 6 nitrogen and oxygen atoms in total. The van der Waals surface area contributed by atoms with E-state index in [2.05, 4.69) is 4.98 Å². The fourth-order valence-electron chi connectivity index (χ4n) is 0.641. The summed E-state index contributed by atoms with van der Waals surface area (Å²) >= 11 is 0. The Bertz CT molecular complexity index is 396. The molecule has 0 saturated heterocycles. The van der Waals surface area contributed by atoms with Crippen molar-refractivity contribution < 1.29 is 27.7 Å². The van der Waals surface area contributed by atoms with E-state index < -0.39 is 12.2 Å². The van der Waals surface area contributed by atoms with E-state index in [1.54, 1.807) is 0 Å². The number of halogens is 4. The van der Waals surface area contributed by atoms with Gasteiger partial charge in [-0.15, -0.1) is 0 Å². The molecule has 0 amide bonds. The molecule has 0 fully saturated rings.